The molecule has 18 heavy (non-hydrogen) atoms. The minimum absolute atomic E-state index is 0.0369. The van der Waals surface area contributed by atoms with Crippen LogP contribution in [0.4, 0.5) is 4.39 Å². The Labute approximate surface area is 109 Å². The SMILES string of the molecule is CCNC(=O)CCn1c(=S)[nH]c2c(F)cccc21. The molecule has 0 aliphatic rings. The highest BCUT2D eigenvalue weighted by Crippen LogP contribution is 2.17. The quantitative estimate of drug-likeness (QED) is 0.836. The summed E-state index contributed by atoms with van der Waals surface area (Å²) in [5.41, 5.74) is 1.07. The van der Waals surface area contributed by atoms with Crippen molar-refractivity contribution in [2.24, 2.45) is 0 Å². The summed E-state index contributed by atoms with van der Waals surface area (Å²) in [6.45, 7) is 2.91. The van der Waals surface area contributed by atoms with Gasteiger partial charge in [0.1, 0.15) is 11.3 Å². The second kappa shape index (κ2) is 5.30. The van der Waals surface area contributed by atoms with Gasteiger partial charge < -0.3 is 14.9 Å². The number of aromatic amines is 1. The number of carbonyl (C=O) groups excluding carboxylic acids is 1. The number of halogens is 1. The maximum atomic E-state index is 13.5. The maximum Gasteiger partial charge on any atom is 0.221 e. The van der Waals surface area contributed by atoms with E-state index < -0.39 is 0 Å². The number of para-hydroxylation sites is 1. The van der Waals surface area contributed by atoms with Crippen LogP contribution in [0.5, 0.6) is 0 Å². The molecule has 1 heterocycles. The lowest BCUT2D eigenvalue weighted by atomic mass is 10.3. The molecule has 0 spiro atoms. The third-order valence-corrected chi connectivity index (χ3v) is 3.02. The average Bonchev–Trinajstić information content (AvgIpc) is 2.65. The van der Waals surface area contributed by atoms with E-state index in [4.69, 9.17) is 12.2 Å². The van der Waals surface area contributed by atoms with Crippen LogP contribution in [-0.4, -0.2) is 22.0 Å². The Bertz CT molecular complexity index is 632. The molecule has 0 saturated heterocycles. The molecule has 0 unspecified atom stereocenters. The highest BCUT2D eigenvalue weighted by atomic mass is 32.1. The Balaban J connectivity index is 2.28. The third-order valence-electron chi connectivity index (χ3n) is 2.70. The van der Waals surface area contributed by atoms with E-state index in [2.05, 4.69) is 10.3 Å². The van der Waals surface area contributed by atoms with Gasteiger partial charge in [0, 0.05) is 19.5 Å². The zero-order chi connectivity index (χ0) is 13.1. The van der Waals surface area contributed by atoms with Crippen LogP contribution in [0.15, 0.2) is 18.2 Å². The van der Waals surface area contributed by atoms with Crippen molar-refractivity contribution >= 4 is 29.2 Å². The predicted molar refractivity (Wildman–Crippen MR) is 70.4 cm³/mol. The van der Waals surface area contributed by atoms with Gasteiger partial charge in [-0.2, -0.15) is 0 Å². The van der Waals surface area contributed by atoms with Crippen LogP contribution in [0.3, 0.4) is 0 Å². The van der Waals surface area contributed by atoms with Crippen molar-refractivity contribution in [3.63, 3.8) is 0 Å². The molecule has 2 aromatic rings. The van der Waals surface area contributed by atoms with Crippen molar-refractivity contribution in [3.8, 4) is 0 Å². The number of benzene rings is 1. The lowest BCUT2D eigenvalue weighted by Crippen LogP contribution is -2.23. The number of aromatic nitrogens is 2. The molecule has 0 bridgehead atoms. The van der Waals surface area contributed by atoms with Crippen molar-refractivity contribution in [1.29, 1.82) is 0 Å². The first-order valence-corrected chi connectivity index (χ1v) is 6.18. The van der Waals surface area contributed by atoms with Gasteiger partial charge in [-0.1, -0.05) is 6.07 Å². The monoisotopic (exact) mass is 267 g/mol. The highest BCUT2D eigenvalue weighted by Gasteiger charge is 2.09. The largest absolute Gasteiger partial charge is 0.356 e. The van der Waals surface area contributed by atoms with Crippen LogP contribution in [0.1, 0.15) is 13.3 Å². The molecular formula is C12H14FN3OS. The molecule has 4 nitrogen and oxygen atoms in total. The van der Waals surface area contributed by atoms with E-state index in [0.29, 0.717) is 35.3 Å². The predicted octanol–water partition coefficient (Wildman–Crippen LogP) is 2.36. The Hall–Kier alpha value is -1.69. The standard InChI is InChI=1S/C12H14FN3OS/c1-2-14-10(17)6-7-16-9-5-3-4-8(13)11(9)15-12(16)18/h3-5H,2,6-7H2,1H3,(H,14,17)(H,15,18). The Morgan fingerprint density at radius 2 is 2.33 bits per heavy atom. The van der Waals surface area contributed by atoms with Crippen LogP contribution in [0.25, 0.3) is 11.0 Å². The lowest BCUT2D eigenvalue weighted by Gasteiger charge is -2.04. The summed E-state index contributed by atoms with van der Waals surface area (Å²) in [4.78, 5) is 14.2. The Kier molecular flexibility index (Phi) is 3.76. The van der Waals surface area contributed by atoms with Gasteiger partial charge in [0.2, 0.25) is 5.91 Å². The van der Waals surface area contributed by atoms with Crippen molar-refractivity contribution in [2.45, 2.75) is 19.9 Å². The fourth-order valence-corrected chi connectivity index (χ4v) is 2.16. The molecule has 96 valence electrons. The lowest BCUT2D eigenvalue weighted by molar-refractivity contribution is -0.121. The van der Waals surface area contributed by atoms with E-state index in [1.165, 1.54) is 6.07 Å². The second-order valence-electron chi connectivity index (χ2n) is 3.92. The summed E-state index contributed by atoms with van der Waals surface area (Å²) in [5, 5.41) is 2.72. The van der Waals surface area contributed by atoms with Crippen LogP contribution >= 0.6 is 12.2 Å². The fraction of sp³-hybridized carbons (Fsp3) is 0.333. The summed E-state index contributed by atoms with van der Waals surface area (Å²) in [6.07, 6.45) is 0.325. The summed E-state index contributed by atoms with van der Waals surface area (Å²) in [7, 11) is 0. The van der Waals surface area contributed by atoms with Crippen molar-refractivity contribution in [1.82, 2.24) is 14.9 Å². The van der Waals surface area contributed by atoms with E-state index in [0.717, 1.165) is 0 Å². The van der Waals surface area contributed by atoms with Crippen LogP contribution in [0.2, 0.25) is 0 Å². The van der Waals surface area contributed by atoms with E-state index in [9.17, 15) is 9.18 Å². The molecule has 0 saturated carbocycles. The molecule has 0 atom stereocenters. The maximum absolute atomic E-state index is 13.5. The molecule has 1 aromatic carbocycles. The normalized spacial score (nSPS) is 10.8. The molecule has 2 rings (SSSR count). The number of fused-ring (bicyclic) bond motifs is 1. The minimum Gasteiger partial charge on any atom is -0.356 e. The van der Waals surface area contributed by atoms with Crippen LogP contribution in [0, 0.1) is 10.6 Å². The fourth-order valence-electron chi connectivity index (χ4n) is 1.87. The number of aryl methyl sites for hydroxylation is 1. The van der Waals surface area contributed by atoms with E-state index in [1.807, 2.05) is 6.92 Å². The third kappa shape index (κ3) is 2.43. The average molecular weight is 267 g/mol. The van der Waals surface area contributed by atoms with Crippen molar-refractivity contribution in [3.05, 3.63) is 28.8 Å². The number of nitrogens with one attached hydrogen (secondary N) is 2. The zero-order valence-corrected chi connectivity index (χ0v) is 10.8. The van der Waals surface area contributed by atoms with Gasteiger partial charge in [-0.05, 0) is 31.3 Å². The topological polar surface area (TPSA) is 49.8 Å². The Morgan fingerprint density at radius 1 is 1.56 bits per heavy atom. The van der Waals surface area contributed by atoms with Gasteiger partial charge >= 0.3 is 0 Å². The number of H-pyrrole nitrogens is 1. The minimum atomic E-state index is -0.338. The van der Waals surface area contributed by atoms with E-state index in [1.54, 1.807) is 16.7 Å². The number of hydrogen-bond donors (Lipinski definition) is 2. The molecule has 0 radical (unpaired) electrons. The molecule has 0 aliphatic carbocycles. The molecule has 1 aromatic heterocycles. The van der Waals surface area contributed by atoms with Gasteiger partial charge in [0.25, 0.3) is 0 Å². The molecule has 6 heteroatoms. The highest BCUT2D eigenvalue weighted by molar-refractivity contribution is 7.71. The van der Waals surface area contributed by atoms with Crippen molar-refractivity contribution < 1.29 is 9.18 Å². The molecular weight excluding hydrogens is 253 g/mol. The first-order chi connectivity index (χ1) is 8.63. The van der Waals surface area contributed by atoms with Gasteiger partial charge in [-0.3, -0.25) is 4.79 Å². The smallest absolute Gasteiger partial charge is 0.221 e. The van der Waals surface area contributed by atoms with Gasteiger partial charge in [0.05, 0.1) is 5.52 Å². The van der Waals surface area contributed by atoms with Crippen molar-refractivity contribution in [2.75, 3.05) is 6.54 Å². The first-order valence-electron chi connectivity index (χ1n) is 5.77. The molecule has 0 aliphatic heterocycles. The number of imidazole rings is 1. The summed E-state index contributed by atoms with van der Waals surface area (Å²) in [6, 6.07) is 4.78. The number of amides is 1. The zero-order valence-electron chi connectivity index (χ0n) is 10.00. The Morgan fingerprint density at radius 3 is 3.06 bits per heavy atom. The summed E-state index contributed by atoms with van der Waals surface area (Å²) >= 11 is 5.14. The summed E-state index contributed by atoms with van der Waals surface area (Å²) < 4.78 is 15.7. The van der Waals surface area contributed by atoms with E-state index >= 15 is 0 Å². The number of hydrogen-bond acceptors (Lipinski definition) is 2. The van der Waals surface area contributed by atoms with Crippen LogP contribution < -0.4 is 5.32 Å². The van der Waals surface area contributed by atoms with Crippen LogP contribution in [-0.2, 0) is 11.3 Å². The molecule has 1 amide bonds. The summed E-state index contributed by atoms with van der Waals surface area (Å²) in [5.74, 6) is -0.375. The van der Waals surface area contributed by atoms with Gasteiger partial charge in [-0.15, -0.1) is 0 Å². The second-order valence-corrected chi connectivity index (χ2v) is 4.31. The first kappa shape index (κ1) is 12.8. The molecule has 0 fully saturated rings. The number of rotatable bonds is 4. The molecule has 2 N–H and O–H groups in total. The van der Waals surface area contributed by atoms with Gasteiger partial charge in [-0.25, -0.2) is 4.39 Å². The number of nitrogens with zero attached hydrogens (tertiary/aromatic N) is 1. The van der Waals surface area contributed by atoms with E-state index in [-0.39, 0.29) is 11.7 Å². The number of carbonyl (C=O) groups is 1. The van der Waals surface area contributed by atoms with Gasteiger partial charge in [0.15, 0.2) is 4.77 Å².